The van der Waals surface area contributed by atoms with Gasteiger partial charge in [0.05, 0.1) is 35.3 Å². The molecule has 2 heterocycles. The Morgan fingerprint density at radius 2 is 1.97 bits per heavy atom. The molecule has 0 spiro atoms. The Morgan fingerprint density at radius 1 is 1.23 bits per heavy atom. The van der Waals surface area contributed by atoms with Crippen molar-refractivity contribution in [3.05, 3.63) is 54.4 Å². The third kappa shape index (κ3) is 4.26. The number of hydrogen-bond donors (Lipinski definition) is 2. The zero-order valence-corrected chi connectivity index (χ0v) is 18.1. The molecule has 1 aromatic heterocycles. The van der Waals surface area contributed by atoms with Crippen molar-refractivity contribution in [2.24, 2.45) is 11.8 Å². The number of benzene rings is 2. The first-order chi connectivity index (χ1) is 15.0. The molecular formula is C24H28N4O3. The minimum atomic E-state index is -0.423. The van der Waals surface area contributed by atoms with E-state index in [1.54, 1.807) is 4.90 Å². The zero-order valence-electron chi connectivity index (χ0n) is 18.1. The lowest BCUT2D eigenvalue weighted by atomic mass is 10.0. The van der Waals surface area contributed by atoms with Crippen LogP contribution < -0.4 is 15.0 Å². The van der Waals surface area contributed by atoms with E-state index in [9.17, 15) is 9.59 Å². The fourth-order valence-electron chi connectivity index (χ4n) is 4.02. The highest BCUT2D eigenvalue weighted by Gasteiger charge is 2.37. The number of fused-ring (bicyclic) bond motifs is 1. The quantitative estimate of drug-likeness (QED) is 0.608. The summed E-state index contributed by atoms with van der Waals surface area (Å²) >= 11 is 0. The van der Waals surface area contributed by atoms with Crippen molar-refractivity contribution in [2.45, 2.75) is 33.2 Å². The molecule has 1 aliphatic rings. The Labute approximate surface area is 181 Å². The monoisotopic (exact) mass is 420 g/mol. The lowest BCUT2D eigenvalue weighted by Gasteiger charge is -2.23. The Morgan fingerprint density at radius 3 is 2.71 bits per heavy atom. The standard InChI is InChI=1S/C24H28N4O3/c1-4-31-20-12-8-7-11-19(20)28-14-16(13-21(28)29)24(30)27-22(15(2)3)23-25-17-9-5-6-10-18(17)26-23/h5-12,15-16,22H,4,13-14H2,1-3H3,(H,25,26)(H,27,30)/t16-,22+/m1/s1. The normalized spacial score (nSPS) is 17.4. The summed E-state index contributed by atoms with van der Waals surface area (Å²) in [6.07, 6.45) is 0.178. The number of aromatic nitrogens is 2. The third-order valence-electron chi connectivity index (χ3n) is 5.62. The van der Waals surface area contributed by atoms with E-state index in [1.165, 1.54) is 0 Å². The van der Waals surface area contributed by atoms with Gasteiger partial charge in [-0.1, -0.05) is 38.1 Å². The van der Waals surface area contributed by atoms with Crippen LogP contribution in [0.15, 0.2) is 48.5 Å². The largest absolute Gasteiger partial charge is 0.492 e. The van der Waals surface area contributed by atoms with Crippen LogP contribution in [0.25, 0.3) is 11.0 Å². The molecule has 1 aliphatic heterocycles. The number of ether oxygens (including phenoxy) is 1. The van der Waals surface area contributed by atoms with Gasteiger partial charge in [0.2, 0.25) is 11.8 Å². The SMILES string of the molecule is CCOc1ccccc1N1C[C@H](C(=O)N[C@H](c2nc3ccccc3[nH]2)C(C)C)CC1=O. The number of rotatable bonds is 7. The van der Waals surface area contributed by atoms with E-state index >= 15 is 0 Å². The van der Waals surface area contributed by atoms with Crippen LogP contribution in [-0.4, -0.2) is 34.9 Å². The first-order valence-corrected chi connectivity index (χ1v) is 10.7. The zero-order chi connectivity index (χ0) is 22.0. The van der Waals surface area contributed by atoms with Gasteiger partial charge in [0.1, 0.15) is 11.6 Å². The van der Waals surface area contributed by atoms with Crippen molar-refractivity contribution in [2.75, 3.05) is 18.1 Å². The Kier molecular flexibility index (Phi) is 5.93. The molecular weight excluding hydrogens is 392 g/mol. The number of hydrogen-bond acceptors (Lipinski definition) is 4. The van der Waals surface area contributed by atoms with Gasteiger partial charge in [-0.05, 0) is 37.1 Å². The molecule has 162 valence electrons. The number of nitrogens with one attached hydrogen (secondary N) is 2. The lowest BCUT2D eigenvalue weighted by molar-refractivity contribution is -0.127. The van der Waals surface area contributed by atoms with Crippen LogP contribution in [0, 0.1) is 11.8 Å². The maximum Gasteiger partial charge on any atom is 0.227 e. The van der Waals surface area contributed by atoms with Crippen molar-refractivity contribution < 1.29 is 14.3 Å². The molecule has 2 amide bonds. The molecule has 0 saturated carbocycles. The maximum atomic E-state index is 13.1. The van der Waals surface area contributed by atoms with E-state index in [-0.39, 0.29) is 30.2 Å². The van der Waals surface area contributed by atoms with Crippen molar-refractivity contribution in [3.63, 3.8) is 0 Å². The average molecular weight is 421 g/mol. The summed E-state index contributed by atoms with van der Waals surface area (Å²) in [6.45, 7) is 6.84. The second-order valence-electron chi connectivity index (χ2n) is 8.18. The molecule has 7 heteroatoms. The van der Waals surface area contributed by atoms with Crippen LogP contribution in [0.1, 0.15) is 39.1 Å². The first kappa shape index (κ1) is 20.9. The van der Waals surface area contributed by atoms with E-state index in [0.29, 0.717) is 24.6 Å². The lowest BCUT2D eigenvalue weighted by Crippen LogP contribution is -2.38. The second-order valence-corrected chi connectivity index (χ2v) is 8.18. The number of amides is 2. The van der Waals surface area contributed by atoms with Crippen LogP contribution in [0.3, 0.4) is 0 Å². The van der Waals surface area contributed by atoms with E-state index in [1.807, 2.05) is 69.3 Å². The van der Waals surface area contributed by atoms with Gasteiger partial charge in [-0.15, -0.1) is 0 Å². The van der Waals surface area contributed by atoms with Crippen LogP contribution in [0.2, 0.25) is 0 Å². The molecule has 2 aromatic carbocycles. The minimum Gasteiger partial charge on any atom is -0.492 e. The van der Waals surface area contributed by atoms with Crippen LogP contribution >= 0.6 is 0 Å². The number of nitrogens with zero attached hydrogens (tertiary/aromatic N) is 2. The minimum absolute atomic E-state index is 0.0721. The van der Waals surface area contributed by atoms with E-state index in [4.69, 9.17) is 4.74 Å². The van der Waals surface area contributed by atoms with Gasteiger partial charge in [0.25, 0.3) is 0 Å². The molecule has 0 unspecified atom stereocenters. The molecule has 2 atom stereocenters. The van der Waals surface area contributed by atoms with Gasteiger partial charge in [-0.3, -0.25) is 9.59 Å². The van der Waals surface area contributed by atoms with Crippen LogP contribution in [-0.2, 0) is 9.59 Å². The summed E-state index contributed by atoms with van der Waals surface area (Å²) in [5, 5.41) is 3.13. The summed E-state index contributed by atoms with van der Waals surface area (Å²) in [5.41, 5.74) is 2.52. The molecule has 31 heavy (non-hydrogen) atoms. The fourth-order valence-corrected chi connectivity index (χ4v) is 4.02. The second kappa shape index (κ2) is 8.79. The molecule has 2 N–H and O–H groups in total. The third-order valence-corrected chi connectivity index (χ3v) is 5.62. The van der Waals surface area contributed by atoms with Gasteiger partial charge in [-0.2, -0.15) is 0 Å². The fraction of sp³-hybridized carbons (Fsp3) is 0.375. The van der Waals surface area contributed by atoms with Crippen molar-refractivity contribution in [1.29, 1.82) is 0 Å². The number of H-pyrrole nitrogens is 1. The van der Waals surface area contributed by atoms with Gasteiger partial charge >= 0.3 is 0 Å². The van der Waals surface area contributed by atoms with Gasteiger partial charge in [0.15, 0.2) is 0 Å². The summed E-state index contributed by atoms with van der Waals surface area (Å²) < 4.78 is 5.67. The van der Waals surface area contributed by atoms with Gasteiger partial charge < -0.3 is 19.9 Å². The first-order valence-electron chi connectivity index (χ1n) is 10.7. The number of carbonyl (C=O) groups excluding carboxylic acids is 2. The Balaban J connectivity index is 1.51. The Bertz CT molecular complexity index is 1060. The summed E-state index contributed by atoms with van der Waals surface area (Å²) in [6, 6.07) is 15.0. The molecule has 0 bridgehead atoms. The highest BCUT2D eigenvalue weighted by atomic mass is 16.5. The number of carbonyl (C=O) groups is 2. The van der Waals surface area contributed by atoms with Crippen LogP contribution in [0.4, 0.5) is 5.69 Å². The summed E-state index contributed by atoms with van der Waals surface area (Å²) in [5.74, 6) is 0.888. The molecule has 7 nitrogen and oxygen atoms in total. The number of aromatic amines is 1. The molecule has 0 radical (unpaired) electrons. The number of para-hydroxylation sites is 4. The maximum absolute atomic E-state index is 13.1. The number of imidazole rings is 1. The highest BCUT2D eigenvalue weighted by Crippen LogP contribution is 2.33. The molecule has 3 aromatic rings. The highest BCUT2D eigenvalue weighted by molar-refractivity contribution is 6.01. The molecule has 4 rings (SSSR count). The van der Waals surface area contributed by atoms with Crippen LogP contribution in [0.5, 0.6) is 5.75 Å². The van der Waals surface area contributed by atoms with E-state index in [2.05, 4.69) is 15.3 Å². The Hall–Kier alpha value is -3.35. The molecule has 1 fully saturated rings. The summed E-state index contributed by atoms with van der Waals surface area (Å²) in [7, 11) is 0. The van der Waals surface area contributed by atoms with Crippen molar-refractivity contribution in [1.82, 2.24) is 15.3 Å². The smallest absolute Gasteiger partial charge is 0.227 e. The average Bonchev–Trinajstić information content (AvgIpc) is 3.35. The van der Waals surface area contributed by atoms with E-state index in [0.717, 1.165) is 16.9 Å². The molecule has 0 aliphatic carbocycles. The van der Waals surface area contributed by atoms with Crippen molar-refractivity contribution in [3.8, 4) is 5.75 Å². The van der Waals surface area contributed by atoms with E-state index < -0.39 is 5.92 Å². The van der Waals surface area contributed by atoms with Gasteiger partial charge in [-0.25, -0.2) is 4.98 Å². The number of anilines is 1. The predicted molar refractivity (Wildman–Crippen MR) is 120 cm³/mol. The topological polar surface area (TPSA) is 87.3 Å². The molecule has 1 saturated heterocycles. The predicted octanol–water partition coefficient (Wildman–Crippen LogP) is 3.83. The van der Waals surface area contributed by atoms with Gasteiger partial charge in [0, 0.05) is 13.0 Å². The van der Waals surface area contributed by atoms with Crippen molar-refractivity contribution >= 4 is 28.5 Å². The summed E-state index contributed by atoms with van der Waals surface area (Å²) in [4.78, 5) is 35.5.